The van der Waals surface area contributed by atoms with Gasteiger partial charge in [0.1, 0.15) is 6.10 Å². The van der Waals surface area contributed by atoms with Gasteiger partial charge < -0.3 is 9.64 Å². The third-order valence-electron chi connectivity index (χ3n) is 4.29. The van der Waals surface area contributed by atoms with Crippen molar-refractivity contribution in [3.63, 3.8) is 0 Å². The summed E-state index contributed by atoms with van der Waals surface area (Å²) in [6.45, 7) is 4.96. The van der Waals surface area contributed by atoms with Gasteiger partial charge in [-0.05, 0) is 47.0 Å². The number of benzene rings is 1. The molecule has 0 amide bonds. The third-order valence-corrected chi connectivity index (χ3v) is 4.86. The molecule has 5 heteroatoms. The highest BCUT2D eigenvalue weighted by molar-refractivity contribution is 9.10. The first-order valence-electron chi connectivity index (χ1n) is 8.21. The van der Waals surface area contributed by atoms with Crippen LogP contribution in [0.5, 0.6) is 5.88 Å². The van der Waals surface area contributed by atoms with Gasteiger partial charge in [0.15, 0.2) is 0 Å². The number of hydrogen-bond acceptors (Lipinski definition) is 3. The molecule has 0 aliphatic heterocycles. The highest BCUT2D eigenvalue weighted by Gasteiger charge is 2.23. The van der Waals surface area contributed by atoms with Gasteiger partial charge in [-0.25, -0.2) is 9.98 Å². The molecule has 4 nitrogen and oxygen atoms in total. The summed E-state index contributed by atoms with van der Waals surface area (Å²) >= 11 is 3.57. The minimum absolute atomic E-state index is 0.145. The van der Waals surface area contributed by atoms with Crippen molar-refractivity contribution in [2.75, 3.05) is 13.6 Å². The Hall–Kier alpha value is -1.88. The highest BCUT2D eigenvalue weighted by Crippen LogP contribution is 2.32. The van der Waals surface area contributed by atoms with Crippen LogP contribution in [0.4, 0.5) is 5.69 Å². The SMILES string of the molecule is CCN(C)/C=N/c1cc(Br)c(OC2Cc3ccccc3C2)nc1C. The molecule has 0 radical (unpaired) electrons. The van der Waals surface area contributed by atoms with Gasteiger partial charge in [0.2, 0.25) is 5.88 Å². The second-order valence-electron chi connectivity index (χ2n) is 6.11. The molecule has 126 valence electrons. The third kappa shape index (κ3) is 3.78. The van der Waals surface area contributed by atoms with Crippen LogP contribution >= 0.6 is 15.9 Å². The van der Waals surface area contributed by atoms with E-state index in [1.165, 1.54) is 11.1 Å². The molecule has 1 aliphatic carbocycles. The van der Waals surface area contributed by atoms with Crippen molar-refractivity contribution >= 4 is 28.0 Å². The van der Waals surface area contributed by atoms with E-state index in [4.69, 9.17) is 4.74 Å². The number of hydrogen-bond donors (Lipinski definition) is 0. The molecular weight excluding hydrogens is 366 g/mol. The van der Waals surface area contributed by atoms with Crippen LogP contribution in [0.1, 0.15) is 23.7 Å². The number of aromatic nitrogens is 1. The summed E-state index contributed by atoms with van der Waals surface area (Å²) in [5.74, 6) is 0.646. The van der Waals surface area contributed by atoms with E-state index in [1.807, 2.05) is 31.3 Å². The number of aryl methyl sites for hydroxylation is 1. The Morgan fingerprint density at radius 1 is 1.33 bits per heavy atom. The molecule has 2 aromatic rings. The van der Waals surface area contributed by atoms with Crippen molar-refractivity contribution in [2.24, 2.45) is 4.99 Å². The Morgan fingerprint density at radius 3 is 2.62 bits per heavy atom. The Labute approximate surface area is 151 Å². The summed E-state index contributed by atoms with van der Waals surface area (Å²) < 4.78 is 6.99. The number of halogens is 1. The standard InChI is InChI=1S/C19H22BrN3O/c1-4-23(3)12-21-18-11-17(20)19(22-13(18)2)24-16-9-14-7-5-6-8-15(14)10-16/h5-8,11-12,16H,4,9-10H2,1-3H3/b21-12+. The lowest BCUT2D eigenvalue weighted by Gasteiger charge is -2.15. The van der Waals surface area contributed by atoms with E-state index in [-0.39, 0.29) is 6.10 Å². The lowest BCUT2D eigenvalue weighted by atomic mass is 10.1. The molecule has 1 heterocycles. The van der Waals surface area contributed by atoms with Crippen LogP contribution in [0.25, 0.3) is 0 Å². The molecule has 0 atom stereocenters. The molecule has 0 unspecified atom stereocenters. The van der Waals surface area contributed by atoms with Crippen LogP contribution in [0.15, 0.2) is 39.8 Å². The molecule has 0 saturated carbocycles. The summed E-state index contributed by atoms with van der Waals surface area (Å²) in [6, 6.07) is 10.5. The second-order valence-corrected chi connectivity index (χ2v) is 6.97. The van der Waals surface area contributed by atoms with Gasteiger partial charge in [0.25, 0.3) is 0 Å². The highest BCUT2D eigenvalue weighted by atomic mass is 79.9. The van der Waals surface area contributed by atoms with Crippen molar-refractivity contribution in [1.82, 2.24) is 9.88 Å². The minimum atomic E-state index is 0.145. The number of pyridine rings is 1. The largest absolute Gasteiger partial charge is 0.473 e. The predicted molar refractivity (Wildman–Crippen MR) is 101 cm³/mol. The predicted octanol–water partition coefficient (Wildman–Crippen LogP) is 4.31. The van der Waals surface area contributed by atoms with Crippen LogP contribution in [0.2, 0.25) is 0 Å². The topological polar surface area (TPSA) is 37.7 Å². The van der Waals surface area contributed by atoms with Gasteiger partial charge in [-0.15, -0.1) is 0 Å². The van der Waals surface area contributed by atoms with Crippen LogP contribution < -0.4 is 4.74 Å². The van der Waals surface area contributed by atoms with E-state index in [2.05, 4.69) is 57.1 Å². The molecule has 0 bridgehead atoms. The Morgan fingerprint density at radius 2 is 2.00 bits per heavy atom. The van der Waals surface area contributed by atoms with Gasteiger partial charge in [-0.3, -0.25) is 0 Å². The van der Waals surface area contributed by atoms with E-state index in [0.29, 0.717) is 5.88 Å². The maximum atomic E-state index is 6.15. The average Bonchev–Trinajstić information content (AvgIpc) is 2.98. The minimum Gasteiger partial charge on any atom is -0.473 e. The van der Waals surface area contributed by atoms with Crippen molar-refractivity contribution in [3.8, 4) is 5.88 Å². The van der Waals surface area contributed by atoms with E-state index in [0.717, 1.165) is 35.2 Å². The molecule has 0 fully saturated rings. The van der Waals surface area contributed by atoms with Crippen molar-refractivity contribution in [2.45, 2.75) is 32.8 Å². The number of rotatable bonds is 5. The fraction of sp³-hybridized carbons (Fsp3) is 0.368. The first kappa shape index (κ1) is 17.0. The first-order valence-corrected chi connectivity index (χ1v) is 9.01. The van der Waals surface area contributed by atoms with Gasteiger partial charge in [0.05, 0.1) is 22.2 Å². The number of fused-ring (bicyclic) bond motifs is 1. The van der Waals surface area contributed by atoms with Crippen molar-refractivity contribution < 1.29 is 4.74 Å². The molecule has 0 saturated heterocycles. The lowest BCUT2D eigenvalue weighted by Crippen LogP contribution is -2.17. The molecule has 3 rings (SSSR count). The molecule has 1 aromatic carbocycles. The number of aliphatic imine (C=N–C) groups is 1. The lowest BCUT2D eigenvalue weighted by molar-refractivity contribution is 0.203. The Bertz CT molecular complexity index is 735. The monoisotopic (exact) mass is 387 g/mol. The van der Waals surface area contributed by atoms with E-state index in [1.54, 1.807) is 0 Å². The van der Waals surface area contributed by atoms with Crippen LogP contribution in [0, 0.1) is 6.92 Å². The summed E-state index contributed by atoms with van der Waals surface area (Å²) in [5.41, 5.74) is 4.46. The maximum Gasteiger partial charge on any atom is 0.228 e. The smallest absolute Gasteiger partial charge is 0.228 e. The molecule has 0 N–H and O–H groups in total. The molecule has 0 spiro atoms. The maximum absolute atomic E-state index is 6.15. The van der Waals surface area contributed by atoms with Gasteiger partial charge >= 0.3 is 0 Å². The van der Waals surface area contributed by atoms with E-state index >= 15 is 0 Å². The average molecular weight is 388 g/mol. The second kappa shape index (κ2) is 7.34. The zero-order valence-electron chi connectivity index (χ0n) is 14.3. The quantitative estimate of drug-likeness (QED) is 0.566. The summed E-state index contributed by atoms with van der Waals surface area (Å²) in [5, 5.41) is 0. The fourth-order valence-corrected chi connectivity index (χ4v) is 3.16. The normalized spacial score (nSPS) is 14.2. The van der Waals surface area contributed by atoms with Crippen LogP contribution in [-0.2, 0) is 12.8 Å². The molecular formula is C19H22BrN3O. The van der Waals surface area contributed by atoms with Crippen LogP contribution in [0.3, 0.4) is 0 Å². The summed E-state index contributed by atoms with van der Waals surface area (Å²) in [7, 11) is 2.00. The summed E-state index contributed by atoms with van der Waals surface area (Å²) in [6.07, 6.45) is 3.84. The fourth-order valence-electron chi connectivity index (χ4n) is 2.76. The number of ether oxygens (including phenoxy) is 1. The van der Waals surface area contributed by atoms with Gasteiger partial charge in [0, 0.05) is 26.4 Å². The van der Waals surface area contributed by atoms with Gasteiger partial charge in [-0.1, -0.05) is 24.3 Å². The zero-order chi connectivity index (χ0) is 17.1. The molecule has 1 aromatic heterocycles. The Balaban J connectivity index is 1.74. The first-order chi connectivity index (χ1) is 11.6. The Kier molecular flexibility index (Phi) is 5.19. The van der Waals surface area contributed by atoms with Crippen molar-refractivity contribution in [3.05, 3.63) is 51.6 Å². The van der Waals surface area contributed by atoms with E-state index < -0.39 is 0 Å². The molecule has 24 heavy (non-hydrogen) atoms. The zero-order valence-corrected chi connectivity index (χ0v) is 15.9. The van der Waals surface area contributed by atoms with E-state index in [9.17, 15) is 0 Å². The molecule has 1 aliphatic rings. The van der Waals surface area contributed by atoms with Gasteiger partial charge in [-0.2, -0.15) is 0 Å². The number of nitrogens with zero attached hydrogens (tertiary/aromatic N) is 3. The summed E-state index contributed by atoms with van der Waals surface area (Å²) in [4.78, 5) is 11.1. The van der Waals surface area contributed by atoms with Crippen molar-refractivity contribution in [1.29, 1.82) is 0 Å². The van der Waals surface area contributed by atoms with Crippen LogP contribution in [-0.4, -0.2) is 35.9 Å².